The van der Waals surface area contributed by atoms with Gasteiger partial charge in [-0.15, -0.1) is 0 Å². The first kappa shape index (κ1) is 22.6. The third kappa shape index (κ3) is 4.80. The first-order valence-electron chi connectivity index (χ1n) is 12.5. The summed E-state index contributed by atoms with van der Waals surface area (Å²) in [6.07, 6.45) is 8.03. The second-order valence-corrected chi connectivity index (χ2v) is 9.36. The minimum absolute atomic E-state index is 0.278. The molecule has 1 amide bonds. The summed E-state index contributed by atoms with van der Waals surface area (Å²) < 4.78 is 5.40. The van der Waals surface area contributed by atoms with Gasteiger partial charge in [0.1, 0.15) is 5.82 Å². The van der Waals surface area contributed by atoms with Crippen molar-refractivity contribution in [2.45, 2.75) is 19.4 Å². The number of anilines is 2. The van der Waals surface area contributed by atoms with Crippen LogP contribution in [-0.4, -0.2) is 70.4 Å². The van der Waals surface area contributed by atoms with E-state index in [0.717, 1.165) is 60.6 Å². The van der Waals surface area contributed by atoms with E-state index in [0.29, 0.717) is 24.6 Å². The summed E-state index contributed by atoms with van der Waals surface area (Å²) in [5, 5.41) is 11.0. The Morgan fingerprint density at radius 3 is 2.64 bits per heavy atom. The van der Waals surface area contributed by atoms with Gasteiger partial charge < -0.3 is 15.0 Å². The van der Waals surface area contributed by atoms with Crippen molar-refractivity contribution in [2.75, 3.05) is 49.6 Å². The summed E-state index contributed by atoms with van der Waals surface area (Å²) in [6.45, 7) is 6.25. The van der Waals surface area contributed by atoms with E-state index >= 15 is 0 Å². The molecule has 0 saturated carbocycles. The summed E-state index contributed by atoms with van der Waals surface area (Å²) >= 11 is 0. The molecule has 1 aromatic carbocycles. The minimum atomic E-state index is -0.278. The molecule has 4 aromatic rings. The number of hydrogen-bond acceptors (Lipinski definition) is 7. The number of nitrogens with one attached hydrogen (secondary N) is 2. The Morgan fingerprint density at radius 2 is 1.83 bits per heavy atom. The van der Waals surface area contributed by atoms with Crippen LogP contribution in [0.15, 0.2) is 55.0 Å². The molecule has 0 radical (unpaired) electrons. The van der Waals surface area contributed by atoms with Crippen molar-refractivity contribution in [3.05, 3.63) is 66.2 Å². The fraction of sp³-hybridized carbons (Fsp3) is 0.333. The molecule has 3 aromatic heterocycles. The average Bonchev–Trinajstić information content (AvgIpc) is 3.59. The van der Waals surface area contributed by atoms with Crippen molar-refractivity contribution in [1.82, 2.24) is 25.1 Å². The van der Waals surface area contributed by atoms with Crippen molar-refractivity contribution in [2.24, 2.45) is 0 Å². The van der Waals surface area contributed by atoms with Gasteiger partial charge in [-0.3, -0.25) is 19.8 Å². The first-order valence-corrected chi connectivity index (χ1v) is 12.5. The van der Waals surface area contributed by atoms with Crippen molar-refractivity contribution < 1.29 is 9.53 Å². The minimum Gasteiger partial charge on any atom is -0.378 e. The largest absolute Gasteiger partial charge is 0.378 e. The highest BCUT2D eigenvalue weighted by Gasteiger charge is 2.17. The zero-order valence-electron chi connectivity index (χ0n) is 20.1. The Morgan fingerprint density at radius 1 is 0.972 bits per heavy atom. The molecule has 0 aliphatic carbocycles. The van der Waals surface area contributed by atoms with Crippen LogP contribution in [0.3, 0.4) is 0 Å². The molecule has 9 heteroatoms. The van der Waals surface area contributed by atoms with Gasteiger partial charge in [0.25, 0.3) is 5.91 Å². The van der Waals surface area contributed by atoms with Crippen LogP contribution in [-0.2, 0) is 11.3 Å². The molecule has 6 rings (SSSR count). The van der Waals surface area contributed by atoms with Gasteiger partial charge in [-0.25, -0.2) is 4.98 Å². The number of rotatable bonds is 6. The summed E-state index contributed by atoms with van der Waals surface area (Å²) in [6, 6.07) is 12.0. The van der Waals surface area contributed by atoms with Crippen molar-refractivity contribution >= 4 is 28.3 Å². The van der Waals surface area contributed by atoms with E-state index in [1.807, 2.05) is 42.7 Å². The molecular weight excluding hydrogens is 454 g/mol. The van der Waals surface area contributed by atoms with E-state index < -0.39 is 0 Å². The van der Waals surface area contributed by atoms with Gasteiger partial charge in [-0.2, -0.15) is 5.10 Å². The van der Waals surface area contributed by atoms with Crippen LogP contribution in [0.1, 0.15) is 28.9 Å². The predicted molar refractivity (Wildman–Crippen MR) is 139 cm³/mol. The standard InChI is InChI=1S/C27H29N7O2/c35-27(30-22-4-6-25(29-17-22)34-9-11-36-12-10-34)26-23-14-20(3-5-24(23)31-32-26)21-13-19(15-28-16-21)18-33-7-1-2-8-33/h3-6,13-17H,1-2,7-12,18H2,(H,30,35)(H,31,32). The van der Waals surface area contributed by atoms with E-state index in [-0.39, 0.29) is 5.91 Å². The fourth-order valence-electron chi connectivity index (χ4n) is 4.93. The summed E-state index contributed by atoms with van der Waals surface area (Å²) in [5.41, 5.74) is 5.03. The maximum atomic E-state index is 13.1. The Bertz CT molecular complexity index is 1360. The zero-order valence-corrected chi connectivity index (χ0v) is 20.1. The third-order valence-electron chi connectivity index (χ3n) is 6.85. The Balaban J connectivity index is 1.20. The van der Waals surface area contributed by atoms with Crippen LogP contribution in [0, 0.1) is 0 Å². The van der Waals surface area contributed by atoms with Gasteiger partial charge in [-0.05, 0) is 67.4 Å². The van der Waals surface area contributed by atoms with E-state index in [1.54, 1.807) is 6.20 Å². The highest BCUT2D eigenvalue weighted by Crippen LogP contribution is 2.27. The summed E-state index contributed by atoms with van der Waals surface area (Å²) in [7, 11) is 0. The summed E-state index contributed by atoms with van der Waals surface area (Å²) in [5.74, 6) is 0.604. The Labute approximate surface area is 209 Å². The SMILES string of the molecule is O=C(Nc1ccc(N2CCOCC2)nc1)c1n[nH]c2ccc(-c3cncc(CN4CCCC4)c3)cc12. The lowest BCUT2D eigenvalue weighted by molar-refractivity contribution is 0.102. The Hall–Kier alpha value is -3.82. The topological polar surface area (TPSA) is 99.3 Å². The Kier molecular flexibility index (Phi) is 6.31. The third-order valence-corrected chi connectivity index (χ3v) is 6.85. The van der Waals surface area contributed by atoms with E-state index in [9.17, 15) is 4.79 Å². The predicted octanol–water partition coefficient (Wildman–Crippen LogP) is 3.70. The second-order valence-electron chi connectivity index (χ2n) is 9.36. The van der Waals surface area contributed by atoms with Gasteiger partial charge >= 0.3 is 0 Å². The lowest BCUT2D eigenvalue weighted by Gasteiger charge is -2.27. The molecule has 184 valence electrons. The quantitative estimate of drug-likeness (QED) is 0.431. The average molecular weight is 484 g/mol. The number of ether oxygens (including phenoxy) is 1. The number of hydrogen-bond donors (Lipinski definition) is 2. The van der Waals surface area contributed by atoms with Crippen molar-refractivity contribution in [1.29, 1.82) is 0 Å². The molecule has 2 N–H and O–H groups in total. The lowest BCUT2D eigenvalue weighted by atomic mass is 10.0. The van der Waals surface area contributed by atoms with Crippen LogP contribution in [0.25, 0.3) is 22.0 Å². The smallest absolute Gasteiger partial charge is 0.276 e. The van der Waals surface area contributed by atoms with Gasteiger partial charge in [0.05, 0.1) is 30.6 Å². The molecule has 0 atom stereocenters. The second kappa shape index (κ2) is 10.0. The number of morpholine rings is 1. The van der Waals surface area contributed by atoms with Crippen LogP contribution in [0.5, 0.6) is 0 Å². The number of fused-ring (bicyclic) bond motifs is 1. The molecule has 5 heterocycles. The number of nitrogens with zero attached hydrogens (tertiary/aromatic N) is 5. The van der Waals surface area contributed by atoms with Gasteiger partial charge in [0.15, 0.2) is 5.69 Å². The lowest BCUT2D eigenvalue weighted by Crippen LogP contribution is -2.36. The fourth-order valence-corrected chi connectivity index (χ4v) is 4.93. The highest BCUT2D eigenvalue weighted by molar-refractivity contribution is 6.11. The number of carbonyl (C=O) groups is 1. The number of amides is 1. The molecule has 2 aliphatic rings. The van der Waals surface area contributed by atoms with Gasteiger partial charge in [-0.1, -0.05) is 6.07 Å². The van der Waals surface area contributed by atoms with Crippen LogP contribution < -0.4 is 10.2 Å². The number of pyridine rings is 2. The number of carbonyl (C=O) groups excluding carboxylic acids is 1. The molecule has 2 saturated heterocycles. The maximum absolute atomic E-state index is 13.1. The molecule has 9 nitrogen and oxygen atoms in total. The number of H-pyrrole nitrogens is 1. The van der Waals surface area contributed by atoms with Crippen LogP contribution in [0.2, 0.25) is 0 Å². The van der Waals surface area contributed by atoms with Crippen molar-refractivity contribution in [3.8, 4) is 11.1 Å². The van der Waals surface area contributed by atoms with E-state index in [2.05, 4.69) is 41.3 Å². The zero-order chi connectivity index (χ0) is 24.3. The molecule has 36 heavy (non-hydrogen) atoms. The first-order chi connectivity index (χ1) is 17.7. The van der Waals surface area contributed by atoms with Gasteiger partial charge in [0, 0.05) is 43.0 Å². The van der Waals surface area contributed by atoms with Crippen LogP contribution in [0.4, 0.5) is 11.5 Å². The molecule has 0 spiro atoms. The van der Waals surface area contributed by atoms with E-state index in [1.165, 1.54) is 18.4 Å². The monoisotopic (exact) mass is 483 g/mol. The molecule has 0 bridgehead atoms. The number of aromatic nitrogens is 4. The number of benzene rings is 1. The molecule has 0 unspecified atom stereocenters. The van der Waals surface area contributed by atoms with Gasteiger partial charge in [0.2, 0.25) is 0 Å². The number of aromatic amines is 1. The number of likely N-dealkylation sites (tertiary alicyclic amines) is 1. The van der Waals surface area contributed by atoms with E-state index in [4.69, 9.17) is 4.74 Å². The van der Waals surface area contributed by atoms with Crippen LogP contribution >= 0.6 is 0 Å². The molecule has 2 aliphatic heterocycles. The van der Waals surface area contributed by atoms with Crippen molar-refractivity contribution in [3.63, 3.8) is 0 Å². The highest BCUT2D eigenvalue weighted by atomic mass is 16.5. The molecular formula is C27H29N7O2. The maximum Gasteiger partial charge on any atom is 0.276 e. The normalized spacial score (nSPS) is 16.5. The molecule has 2 fully saturated rings. The summed E-state index contributed by atoms with van der Waals surface area (Å²) in [4.78, 5) is 26.7.